The van der Waals surface area contributed by atoms with Crippen LogP contribution in [0.15, 0.2) is 0 Å². The lowest BCUT2D eigenvalue weighted by Crippen LogP contribution is -2.50. The first-order valence-electron chi connectivity index (χ1n) is 10.8. The average Bonchev–Trinajstić information content (AvgIpc) is 2.71. The van der Waals surface area contributed by atoms with Gasteiger partial charge in [0.05, 0.1) is 25.7 Å². The number of hydrogen-bond donors (Lipinski definition) is 6. The Hall–Kier alpha value is -1.81. The predicted octanol–water partition coefficient (Wildman–Crippen LogP) is -2.96. The van der Waals surface area contributed by atoms with Gasteiger partial charge in [-0.2, -0.15) is 0 Å². The zero-order valence-corrected chi connectivity index (χ0v) is 19.9. The van der Waals surface area contributed by atoms with Gasteiger partial charge in [-0.05, 0) is 0 Å². The summed E-state index contributed by atoms with van der Waals surface area (Å²) < 4.78 is 15.0. The third-order valence-electron chi connectivity index (χ3n) is 5.13. The van der Waals surface area contributed by atoms with Crippen LogP contribution in [-0.4, -0.2) is 161 Å². The Kier molecular flexibility index (Phi) is 14.9. The molecule has 1 rings (SSSR count). The molecule has 0 spiro atoms. The number of aliphatic hydroxyl groups excluding tert-OH is 1. The molecule has 0 aliphatic carbocycles. The molecule has 1 fully saturated rings. The average molecular weight is 512 g/mol. The molecule has 0 saturated carbocycles. The van der Waals surface area contributed by atoms with E-state index < -0.39 is 32.3 Å². The van der Waals surface area contributed by atoms with Crippen molar-refractivity contribution >= 4 is 26.2 Å². The molecule has 0 aromatic rings. The van der Waals surface area contributed by atoms with Crippen LogP contribution in [-0.2, 0) is 23.5 Å². The van der Waals surface area contributed by atoms with Gasteiger partial charge >= 0.3 is 26.2 Å². The van der Waals surface area contributed by atoms with E-state index in [2.05, 4.69) is 9.84 Å². The molecule has 2 unspecified atom stereocenters. The lowest BCUT2D eigenvalue weighted by atomic mass is 10.2. The normalized spacial score (nSPS) is 19.6. The third kappa shape index (κ3) is 15.2. The summed E-state index contributed by atoms with van der Waals surface area (Å²) in [6.07, 6.45) is -0.861. The van der Waals surface area contributed by atoms with Crippen molar-refractivity contribution in [3.8, 4) is 0 Å². The molecule has 16 heteroatoms. The molecule has 1 aliphatic rings. The number of hydrogen-bond acceptors (Lipinski definition) is 11. The van der Waals surface area contributed by atoms with E-state index in [1.807, 2.05) is 4.90 Å². The van der Waals surface area contributed by atoms with Crippen molar-refractivity contribution in [2.24, 2.45) is 0 Å². The Balaban J connectivity index is 2.84. The lowest BCUT2D eigenvalue weighted by Gasteiger charge is -2.33. The van der Waals surface area contributed by atoms with Crippen LogP contribution in [0, 0.1) is 0 Å². The maximum atomic E-state index is 11.3. The third-order valence-corrected chi connectivity index (χ3v) is 5.48. The van der Waals surface area contributed by atoms with Crippen LogP contribution in [0.3, 0.4) is 0 Å². The zero-order valence-electron chi connectivity index (χ0n) is 19.0. The molecular weight excluding hydrogens is 477 g/mol. The Morgan fingerprint density at radius 1 is 0.765 bits per heavy atom. The molecule has 1 saturated heterocycles. The first-order chi connectivity index (χ1) is 16.0. The van der Waals surface area contributed by atoms with Crippen LogP contribution in [0.1, 0.15) is 0 Å². The van der Waals surface area contributed by atoms with Gasteiger partial charge in [-0.15, -0.1) is 9.42 Å². The van der Waals surface area contributed by atoms with Crippen LogP contribution in [0.2, 0.25) is 0 Å². The quantitative estimate of drug-likeness (QED) is 0.0829. The summed E-state index contributed by atoms with van der Waals surface area (Å²) in [5.41, 5.74) is 0. The number of carboxylic acids is 3. The molecule has 15 nitrogen and oxygen atoms in total. The van der Waals surface area contributed by atoms with E-state index in [9.17, 15) is 39.4 Å². The molecule has 2 atom stereocenters. The highest BCUT2D eigenvalue weighted by atomic mass is 31.1. The maximum absolute atomic E-state index is 11.3. The van der Waals surface area contributed by atoms with E-state index in [-0.39, 0.29) is 39.5 Å². The molecule has 1 aliphatic heterocycles. The highest BCUT2D eigenvalue weighted by Crippen LogP contribution is 2.12. The predicted molar refractivity (Wildman–Crippen MR) is 118 cm³/mol. The molecule has 0 aromatic carbocycles. The SMILES string of the molecule is O=C(O)CN1CCN(CC(=O)O)CCN(CC(O)CNCO[P+](=O)O)CCN(CC(=O)O)CC1. The zero-order chi connectivity index (χ0) is 25.5. The standard InChI is InChI=1S/C18H34N5O10P/c24-15(9-19-14-33-34(31)32)10-20-1-3-21(11-16(25)26)5-7-23(13-18(29)30)8-6-22(4-2-20)12-17(27)28/h15,19,24H,1-14H2,(H3-,25,26,27,28,29,30,31,32)/p+1. The van der Waals surface area contributed by atoms with E-state index in [1.54, 1.807) is 14.7 Å². The van der Waals surface area contributed by atoms with Crippen molar-refractivity contribution < 1.29 is 48.8 Å². The molecule has 0 radical (unpaired) electrons. The smallest absolute Gasteiger partial charge is 0.480 e. The van der Waals surface area contributed by atoms with Crippen LogP contribution in [0.25, 0.3) is 0 Å². The van der Waals surface area contributed by atoms with Gasteiger partial charge in [-0.3, -0.25) is 39.3 Å². The summed E-state index contributed by atoms with van der Waals surface area (Å²) in [5, 5.41) is 40.7. The minimum absolute atomic E-state index is 0.0848. The number of nitrogens with zero attached hydrogens (tertiary/aromatic N) is 4. The monoisotopic (exact) mass is 512 g/mol. The largest absolute Gasteiger partial charge is 0.696 e. The highest BCUT2D eigenvalue weighted by Gasteiger charge is 2.21. The fourth-order valence-electron chi connectivity index (χ4n) is 3.50. The maximum Gasteiger partial charge on any atom is 0.696 e. The Morgan fingerprint density at radius 2 is 1.12 bits per heavy atom. The van der Waals surface area contributed by atoms with Crippen molar-refractivity contribution in [1.29, 1.82) is 0 Å². The number of carboxylic acid groups (broad SMARTS) is 3. The van der Waals surface area contributed by atoms with Crippen LogP contribution in [0.5, 0.6) is 0 Å². The van der Waals surface area contributed by atoms with Gasteiger partial charge in [0, 0.05) is 70.0 Å². The number of β-amino-alcohol motifs (C(OH)–C–C–N with tert-alkyl or cyclic N) is 1. The molecule has 0 aromatic heterocycles. The van der Waals surface area contributed by atoms with Crippen molar-refractivity contribution in [2.45, 2.75) is 6.10 Å². The summed E-state index contributed by atoms with van der Waals surface area (Å²) in [7, 11) is -2.75. The lowest BCUT2D eigenvalue weighted by molar-refractivity contribution is -0.140. The number of rotatable bonds is 13. The molecule has 1 heterocycles. The van der Waals surface area contributed by atoms with Crippen LogP contribution < -0.4 is 5.32 Å². The van der Waals surface area contributed by atoms with Gasteiger partial charge in [-0.1, -0.05) is 0 Å². The molecule has 0 amide bonds. The second-order valence-electron chi connectivity index (χ2n) is 7.93. The summed E-state index contributed by atoms with van der Waals surface area (Å²) in [5.74, 6) is -3.04. The van der Waals surface area contributed by atoms with E-state index in [0.29, 0.717) is 52.4 Å². The molecule has 0 bridgehead atoms. The van der Waals surface area contributed by atoms with E-state index >= 15 is 0 Å². The van der Waals surface area contributed by atoms with Gasteiger partial charge in [-0.25, -0.2) is 0 Å². The first kappa shape index (κ1) is 30.2. The van der Waals surface area contributed by atoms with E-state index in [4.69, 9.17) is 4.89 Å². The second kappa shape index (κ2) is 16.8. The summed E-state index contributed by atoms with van der Waals surface area (Å²) in [6, 6.07) is 0. The second-order valence-corrected chi connectivity index (χ2v) is 8.66. The van der Waals surface area contributed by atoms with Gasteiger partial charge in [0.1, 0.15) is 0 Å². The molecule has 34 heavy (non-hydrogen) atoms. The van der Waals surface area contributed by atoms with Crippen molar-refractivity contribution in [3.63, 3.8) is 0 Å². The number of carbonyl (C=O) groups is 3. The van der Waals surface area contributed by atoms with Crippen LogP contribution >= 0.6 is 8.25 Å². The van der Waals surface area contributed by atoms with Crippen molar-refractivity contribution in [2.75, 3.05) is 91.8 Å². The van der Waals surface area contributed by atoms with Crippen LogP contribution in [0.4, 0.5) is 0 Å². The summed E-state index contributed by atoms with van der Waals surface area (Å²) in [4.78, 5) is 49.3. The Bertz CT molecular complexity index is 641. The molecule has 6 N–H and O–H groups in total. The van der Waals surface area contributed by atoms with Gasteiger partial charge in [0.25, 0.3) is 0 Å². The summed E-state index contributed by atoms with van der Waals surface area (Å²) >= 11 is 0. The number of aliphatic hydroxyl groups is 1. The minimum Gasteiger partial charge on any atom is -0.480 e. The number of nitrogens with one attached hydrogen (secondary N) is 1. The van der Waals surface area contributed by atoms with Gasteiger partial charge in [0.2, 0.25) is 0 Å². The molecule has 196 valence electrons. The summed E-state index contributed by atoms with van der Waals surface area (Å²) in [6.45, 7) is 2.11. The number of aliphatic carboxylic acids is 3. The molecular formula is C18H35N5O10P+. The van der Waals surface area contributed by atoms with Crippen molar-refractivity contribution in [3.05, 3.63) is 0 Å². The minimum atomic E-state index is -2.75. The topological polar surface area (TPSA) is 204 Å². The first-order valence-corrected chi connectivity index (χ1v) is 11.9. The fraction of sp³-hybridized carbons (Fsp3) is 0.833. The van der Waals surface area contributed by atoms with Gasteiger partial charge in [0.15, 0.2) is 6.73 Å². The van der Waals surface area contributed by atoms with E-state index in [0.717, 1.165) is 0 Å². The van der Waals surface area contributed by atoms with Crippen molar-refractivity contribution in [1.82, 2.24) is 24.9 Å². The Labute approximate surface area is 198 Å². The Morgan fingerprint density at radius 3 is 1.44 bits per heavy atom. The van der Waals surface area contributed by atoms with Gasteiger partial charge < -0.3 is 20.4 Å². The fourth-order valence-corrected chi connectivity index (χ4v) is 3.70. The highest BCUT2D eigenvalue weighted by molar-refractivity contribution is 7.32. The van der Waals surface area contributed by atoms with E-state index in [1.165, 1.54) is 0 Å².